The summed E-state index contributed by atoms with van der Waals surface area (Å²) < 4.78 is 1.37. The van der Waals surface area contributed by atoms with Gasteiger partial charge >= 0.3 is 0 Å². The Bertz CT molecular complexity index is 390. The van der Waals surface area contributed by atoms with Crippen molar-refractivity contribution in [3.05, 3.63) is 33.4 Å². The topological polar surface area (TPSA) is 29.3 Å². The van der Waals surface area contributed by atoms with Crippen molar-refractivity contribution in [3.8, 4) is 0 Å². The number of nitrogens with two attached hydrogens (primary N) is 1. The van der Waals surface area contributed by atoms with Crippen LogP contribution >= 0.6 is 35.0 Å². The molecule has 1 aromatic carbocycles. The highest BCUT2D eigenvalue weighted by atomic mass is 127. The van der Waals surface area contributed by atoms with E-state index in [9.17, 15) is 0 Å². The number of benzene rings is 1. The summed E-state index contributed by atoms with van der Waals surface area (Å²) in [5.74, 6) is 0. The highest BCUT2D eigenvalue weighted by molar-refractivity contribution is 14.1. The van der Waals surface area contributed by atoms with Crippen molar-refractivity contribution in [1.29, 1.82) is 0 Å². The first-order valence-corrected chi connectivity index (χ1v) is 7.32. The van der Waals surface area contributed by atoms with Gasteiger partial charge in [0.15, 0.2) is 0 Å². The Kier molecular flexibility index (Phi) is 5.90. The van der Waals surface area contributed by atoms with Crippen molar-refractivity contribution in [2.45, 2.75) is 38.3 Å². The Morgan fingerprint density at radius 3 is 2.67 bits per heavy atom. The van der Waals surface area contributed by atoms with Gasteiger partial charge in [0, 0.05) is 21.7 Å². The highest BCUT2D eigenvalue weighted by Gasteiger charge is 2.30. The maximum atomic E-state index is 6.15. The molecule has 0 saturated carbocycles. The molecule has 0 spiro atoms. The molecule has 1 aliphatic heterocycles. The molecule has 2 rings (SSSR count). The Hall–Kier alpha value is 0.160. The number of nitrogens with zero attached hydrogens (tertiary/aromatic N) is 1. The minimum absolute atomic E-state index is 0. The largest absolute Gasteiger partial charge is 0.324 e. The lowest BCUT2D eigenvalue weighted by Gasteiger charge is -2.31. The van der Waals surface area contributed by atoms with E-state index in [2.05, 4.69) is 65.6 Å². The fraction of sp³-hybridized carbons (Fsp3) is 0.571. The van der Waals surface area contributed by atoms with Gasteiger partial charge in [-0.15, -0.1) is 12.4 Å². The van der Waals surface area contributed by atoms with E-state index in [0.29, 0.717) is 6.04 Å². The van der Waals surface area contributed by atoms with Gasteiger partial charge in [0.25, 0.3) is 0 Å². The molecule has 2 N–H and O–H groups in total. The van der Waals surface area contributed by atoms with E-state index in [-0.39, 0.29) is 17.9 Å². The summed E-state index contributed by atoms with van der Waals surface area (Å²) in [6.07, 6.45) is 2.54. The molecule has 1 saturated heterocycles. The van der Waals surface area contributed by atoms with Crippen molar-refractivity contribution in [2.24, 2.45) is 5.73 Å². The van der Waals surface area contributed by atoms with Crippen LogP contribution in [-0.4, -0.2) is 23.5 Å². The monoisotopic (exact) mass is 380 g/mol. The molecule has 0 aliphatic carbocycles. The summed E-state index contributed by atoms with van der Waals surface area (Å²) in [5.41, 5.74) is 7.51. The van der Waals surface area contributed by atoms with Crippen LogP contribution < -0.4 is 5.73 Å². The lowest BCUT2D eigenvalue weighted by molar-refractivity contribution is 0.210. The van der Waals surface area contributed by atoms with Gasteiger partial charge in [-0.2, -0.15) is 0 Å². The molecule has 102 valence electrons. The fourth-order valence-electron chi connectivity index (χ4n) is 2.64. The predicted molar refractivity (Wildman–Crippen MR) is 88.2 cm³/mol. The van der Waals surface area contributed by atoms with Crippen LogP contribution in [0, 0.1) is 3.57 Å². The summed E-state index contributed by atoms with van der Waals surface area (Å²) in [5, 5.41) is 0. The van der Waals surface area contributed by atoms with Crippen molar-refractivity contribution < 1.29 is 0 Å². The van der Waals surface area contributed by atoms with Gasteiger partial charge in [0.05, 0.1) is 0 Å². The van der Waals surface area contributed by atoms with E-state index in [0.717, 1.165) is 6.54 Å². The van der Waals surface area contributed by atoms with Crippen molar-refractivity contribution in [1.82, 2.24) is 4.90 Å². The zero-order chi connectivity index (χ0) is 12.5. The van der Waals surface area contributed by atoms with Crippen molar-refractivity contribution >= 4 is 35.0 Å². The average molecular weight is 381 g/mol. The highest BCUT2D eigenvalue weighted by Crippen LogP contribution is 2.34. The zero-order valence-corrected chi connectivity index (χ0v) is 14.0. The van der Waals surface area contributed by atoms with E-state index in [1.54, 1.807) is 0 Å². The smallest absolute Gasteiger partial charge is 0.0359 e. The van der Waals surface area contributed by atoms with Crippen LogP contribution in [0.15, 0.2) is 24.3 Å². The molecule has 1 aliphatic rings. The van der Waals surface area contributed by atoms with Crippen molar-refractivity contribution in [2.75, 3.05) is 13.1 Å². The molecule has 0 amide bonds. The Morgan fingerprint density at radius 1 is 1.39 bits per heavy atom. The minimum Gasteiger partial charge on any atom is -0.324 e. The third-order valence-electron chi connectivity index (χ3n) is 3.24. The first-order chi connectivity index (χ1) is 7.97. The normalized spacial score (nSPS) is 20.8. The Morgan fingerprint density at radius 2 is 2.06 bits per heavy atom. The summed E-state index contributed by atoms with van der Waals surface area (Å²) in [7, 11) is 0. The maximum Gasteiger partial charge on any atom is 0.0359 e. The van der Waals surface area contributed by atoms with Crippen molar-refractivity contribution in [3.63, 3.8) is 0 Å². The van der Waals surface area contributed by atoms with Gasteiger partial charge in [0.1, 0.15) is 0 Å². The number of hydrogen-bond donors (Lipinski definition) is 1. The van der Waals surface area contributed by atoms with E-state index < -0.39 is 0 Å². The maximum absolute atomic E-state index is 6.15. The van der Waals surface area contributed by atoms with Gasteiger partial charge in [-0.3, -0.25) is 4.90 Å². The predicted octanol–water partition coefficient (Wildman–Crippen LogP) is 3.59. The molecular weight excluding hydrogens is 359 g/mol. The van der Waals surface area contributed by atoms with E-state index in [1.165, 1.54) is 28.5 Å². The lowest BCUT2D eigenvalue weighted by atomic mass is 10.0. The number of halogens is 2. The van der Waals surface area contributed by atoms with E-state index in [1.807, 2.05) is 0 Å². The van der Waals surface area contributed by atoms with Crippen LogP contribution in [0.5, 0.6) is 0 Å². The van der Waals surface area contributed by atoms with Gasteiger partial charge in [-0.05, 0) is 67.5 Å². The Labute approximate surface area is 130 Å². The molecule has 0 radical (unpaired) electrons. The summed E-state index contributed by atoms with van der Waals surface area (Å²) >= 11 is 2.44. The summed E-state index contributed by atoms with van der Waals surface area (Å²) in [6, 6.07) is 9.26. The minimum atomic E-state index is -0.108. The first-order valence-electron chi connectivity index (χ1n) is 6.25. The van der Waals surface area contributed by atoms with Crippen LogP contribution in [0.1, 0.15) is 38.3 Å². The molecular formula is C14H22ClIN2. The van der Waals surface area contributed by atoms with Gasteiger partial charge in [-0.25, -0.2) is 0 Å². The number of hydrogen-bond acceptors (Lipinski definition) is 2. The zero-order valence-electron chi connectivity index (χ0n) is 11.0. The lowest BCUT2D eigenvalue weighted by Crippen LogP contribution is -2.45. The number of likely N-dealkylation sites (tertiary alicyclic amines) is 1. The molecule has 4 heteroatoms. The molecule has 1 atom stereocenters. The standard InChI is InChI=1S/C14H21IN2.ClH/c1-14(2,16)10-17-9-5-8-13(17)11-6-3-4-7-12(11)15;/h3-4,6-7,13H,5,8-10,16H2,1-2H3;1H. The second-order valence-corrected chi connectivity index (χ2v) is 6.80. The van der Waals surface area contributed by atoms with Gasteiger partial charge in [-0.1, -0.05) is 18.2 Å². The summed E-state index contributed by atoms with van der Waals surface area (Å²) in [6.45, 7) is 6.37. The SMILES string of the molecule is CC(C)(N)CN1CCCC1c1ccccc1I.Cl. The quantitative estimate of drug-likeness (QED) is 0.812. The molecule has 1 aromatic rings. The fourth-order valence-corrected chi connectivity index (χ4v) is 3.38. The third-order valence-corrected chi connectivity index (χ3v) is 4.22. The molecule has 0 bridgehead atoms. The van der Waals surface area contributed by atoms with Crippen LogP contribution in [-0.2, 0) is 0 Å². The molecule has 0 aromatic heterocycles. The van der Waals surface area contributed by atoms with E-state index >= 15 is 0 Å². The second-order valence-electron chi connectivity index (χ2n) is 5.64. The average Bonchev–Trinajstić information content (AvgIpc) is 2.64. The Balaban J connectivity index is 0.00000162. The summed E-state index contributed by atoms with van der Waals surface area (Å²) in [4.78, 5) is 2.54. The van der Waals surface area contributed by atoms with Crippen LogP contribution in [0.3, 0.4) is 0 Å². The van der Waals surface area contributed by atoms with Gasteiger partial charge < -0.3 is 5.73 Å². The third kappa shape index (κ3) is 4.08. The van der Waals surface area contributed by atoms with Crippen LogP contribution in [0.4, 0.5) is 0 Å². The van der Waals surface area contributed by atoms with Crippen LogP contribution in [0.2, 0.25) is 0 Å². The van der Waals surface area contributed by atoms with Crippen LogP contribution in [0.25, 0.3) is 0 Å². The molecule has 18 heavy (non-hydrogen) atoms. The number of rotatable bonds is 3. The molecule has 1 unspecified atom stereocenters. The second kappa shape index (κ2) is 6.55. The van der Waals surface area contributed by atoms with Gasteiger partial charge in [0.2, 0.25) is 0 Å². The molecule has 1 heterocycles. The molecule has 1 fully saturated rings. The first kappa shape index (κ1) is 16.2. The molecule has 2 nitrogen and oxygen atoms in total. The van der Waals surface area contributed by atoms with E-state index in [4.69, 9.17) is 5.73 Å².